The van der Waals surface area contributed by atoms with Gasteiger partial charge in [-0.1, -0.05) is 0 Å². The number of hydrogen-bond acceptors (Lipinski definition) is 4. The zero-order valence-corrected chi connectivity index (χ0v) is 9.49. The minimum Gasteiger partial charge on any atom is -0.462 e. The largest absolute Gasteiger partial charge is 0.462 e. The van der Waals surface area contributed by atoms with Crippen LogP contribution >= 0.6 is 0 Å². The molecule has 0 bridgehead atoms. The molecular weight excluding hydrogens is 196 g/mol. The first-order chi connectivity index (χ1) is 6.91. The summed E-state index contributed by atoms with van der Waals surface area (Å²) in [6.45, 7) is 6.50. The summed E-state index contributed by atoms with van der Waals surface area (Å²) in [5.41, 5.74) is 0.949. The van der Waals surface area contributed by atoms with Gasteiger partial charge < -0.3 is 9.47 Å². The average molecular weight is 212 g/mol. The predicted octanol–water partition coefficient (Wildman–Crippen LogP) is 1.79. The quantitative estimate of drug-likeness (QED) is 0.528. The average Bonchev–Trinajstić information content (AvgIpc) is 2.77. The van der Waals surface area contributed by atoms with E-state index in [-0.39, 0.29) is 24.0 Å². The third-order valence-electron chi connectivity index (χ3n) is 2.13. The predicted molar refractivity (Wildman–Crippen MR) is 53.8 cm³/mol. The second-order valence-corrected chi connectivity index (χ2v) is 3.95. The van der Waals surface area contributed by atoms with Crippen molar-refractivity contribution >= 4 is 11.9 Å². The molecule has 0 spiro atoms. The van der Waals surface area contributed by atoms with Crippen LogP contribution in [-0.2, 0) is 19.1 Å². The maximum atomic E-state index is 10.9. The molecular formula is C11H16O4. The molecule has 0 heterocycles. The van der Waals surface area contributed by atoms with E-state index < -0.39 is 0 Å². The first-order valence-electron chi connectivity index (χ1n) is 4.94. The lowest BCUT2D eigenvalue weighted by molar-refractivity contribution is -0.142. The fourth-order valence-electron chi connectivity index (χ4n) is 1.49. The van der Waals surface area contributed by atoms with Crippen molar-refractivity contribution in [3.8, 4) is 0 Å². The molecule has 4 nitrogen and oxygen atoms in total. The Hall–Kier alpha value is -1.32. The van der Waals surface area contributed by atoms with Crippen molar-refractivity contribution in [2.45, 2.75) is 40.2 Å². The van der Waals surface area contributed by atoms with Gasteiger partial charge in [0.1, 0.15) is 11.9 Å². The SMILES string of the molecule is CC(=O)OC(=C(C)C)[C@@H]1C[C@H]1OC(C)=O. The minimum atomic E-state index is -0.334. The molecule has 1 saturated carbocycles. The first kappa shape index (κ1) is 11.8. The van der Waals surface area contributed by atoms with Crippen molar-refractivity contribution in [2.24, 2.45) is 5.92 Å². The second kappa shape index (κ2) is 4.47. The van der Waals surface area contributed by atoms with E-state index in [1.807, 2.05) is 13.8 Å². The van der Waals surface area contributed by atoms with Crippen molar-refractivity contribution in [1.29, 1.82) is 0 Å². The van der Waals surface area contributed by atoms with E-state index in [4.69, 9.17) is 9.47 Å². The molecule has 1 aliphatic rings. The maximum absolute atomic E-state index is 10.9. The molecule has 15 heavy (non-hydrogen) atoms. The fourth-order valence-corrected chi connectivity index (χ4v) is 1.49. The Bertz CT molecular complexity index is 313. The highest BCUT2D eigenvalue weighted by Gasteiger charge is 2.45. The van der Waals surface area contributed by atoms with Crippen LogP contribution in [0, 0.1) is 5.92 Å². The highest BCUT2D eigenvalue weighted by atomic mass is 16.6. The molecule has 0 aromatic carbocycles. The van der Waals surface area contributed by atoms with E-state index in [1.165, 1.54) is 13.8 Å². The third-order valence-corrected chi connectivity index (χ3v) is 2.13. The van der Waals surface area contributed by atoms with Gasteiger partial charge in [0, 0.05) is 13.8 Å². The monoisotopic (exact) mass is 212 g/mol. The molecule has 1 aliphatic carbocycles. The van der Waals surface area contributed by atoms with E-state index in [1.54, 1.807) is 0 Å². The molecule has 0 aromatic heterocycles. The molecule has 0 N–H and O–H groups in total. The van der Waals surface area contributed by atoms with Crippen LogP contribution in [0.4, 0.5) is 0 Å². The Kier molecular flexibility index (Phi) is 3.50. The first-order valence-corrected chi connectivity index (χ1v) is 4.94. The van der Waals surface area contributed by atoms with Gasteiger partial charge in [0.2, 0.25) is 0 Å². The van der Waals surface area contributed by atoms with Crippen LogP contribution in [0.3, 0.4) is 0 Å². The summed E-state index contributed by atoms with van der Waals surface area (Å²) in [5.74, 6) is 0.0784. The number of ether oxygens (including phenoxy) is 2. The minimum absolute atomic E-state index is 0.0581. The van der Waals surface area contributed by atoms with Crippen molar-refractivity contribution in [1.82, 2.24) is 0 Å². The molecule has 0 amide bonds. The summed E-state index contributed by atoms with van der Waals surface area (Å²) >= 11 is 0. The van der Waals surface area contributed by atoms with Crippen LogP contribution in [0.5, 0.6) is 0 Å². The van der Waals surface area contributed by atoms with Gasteiger partial charge in [0.15, 0.2) is 0 Å². The van der Waals surface area contributed by atoms with Crippen LogP contribution in [0.15, 0.2) is 11.3 Å². The molecule has 4 heteroatoms. The van der Waals surface area contributed by atoms with Crippen molar-refractivity contribution in [2.75, 3.05) is 0 Å². The highest BCUT2D eigenvalue weighted by Crippen LogP contribution is 2.41. The Morgan fingerprint density at radius 3 is 2.07 bits per heavy atom. The number of allylic oxidation sites excluding steroid dienone is 1. The summed E-state index contributed by atoms with van der Waals surface area (Å²) in [4.78, 5) is 21.6. The van der Waals surface area contributed by atoms with Gasteiger partial charge in [0.25, 0.3) is 0 Å². The van der Waals surface area contributed by atoms with E-state index >= 15 is 0 Å². The van der Waals surface area contributed by atoms with Crippen LogP contribution < -0.4 is 0 Å². The van der Waals surface area contributed by atoms with Crippen LogP contribution in [-0.4, -0.2) is 18.0 Å². The maximum Gasteiger partial charge on any atom is 0.307 e. The van der Waals surface area contributed by atoms with Crippen molar-refractivity contribution in [3.63, 3.8) is 0 Å². The molecule has 0 unspecified atom stereocenters. The van der Waals surface area contributed by atoms with E-state index in [9.17, 15) is 9.59 Å². The van der Waals surface area contributed by atoms with Crippen molar-refractivity contribution < 1.29 is 19.1 Å². The Balaban J connectivity index is 2.59. The third kappa shape index (κ3) is 3.38. The molecule has 2 atom stereocenters. The summed E-state index contributed by atoms with van der Waals surface area (Å²) in [6, 6.07) is 0. The molecule has 1 fully saturated rings. The number of esters is 2. The normalized spacial score (nSPS) is 22.9. The number of carbonyl (C=O) groups excluding carboxylic acids is 2. The van der Waals surface area contributed by atoms with Gasteiger partial charge in [-0.25, -0.2) is 0 Å². The highest BCUT2D eigenvalue weighted by molar-refractivity contribution is 5.68. The van der Waals surface area contributed by atoms with Crippen LogP contribution in [0.2, 0.25) is 0 Å². The molecule has 1 rings (SSSR count). The van der Waals surface area contributed by atoms with Gasteiger partial charge in [-0.15, -0.1) is 0 Å². The van der Waals surface area contributed by atoms with Gasteiger partial charge >= 0.3 is 11.9 Å². The van der Waals surface area contributed by atoms with Gasteiger partial charge in [0.05, 0.1) is 5.92 Å². The lowest BCUT2D eigenvalue weighted by Crippen LogP contribution is -2.08. The van der Waals surface area contributed by atoms with Gasteiger partial charge in [-0.3, -0.25) is 9.59 Å². The summed E-state index contributed by atoms with van der Waals surface area (Å²) in [7, 11) is 0. The zero-order chi connectivity index (χ0) is 11.6. The molecule has 0 aromatic rings. The Morgan fingerprint density at radius 1 is 1.07 bits per heavy atom. The van der Waals surface area contributed by atoms with E-state index in [2.05, 4.69) is 0 Å². The van der Waals surface area contributed by atoms with Crippen molar-refractivity contribution in [3.05, 3.63) is 11.3 Å². The zero-order valence-electron chi connectivity index (χ0n) is 9.49. The molecule has 84 valence electrons. The van der Waals surface area contributed by atoms with Crippen LogP contribution in [0.25, 0.3) is 0 Å². The Labute approximate surface area is 89.2 Å². The number of rotatable bonds is 3. The van der Waals surface area contributed by atoms with Gasteiger partial charge in [-0.05, 0) is 25.8 Å². The summed E-state index contributed by atoms with van der Waals surface area (Å²) < 4.78 is 10.1. The molecule has 0 aliphatic heterocycles. The van der Waals surface area contributed by atoms with E-state index in [0.717, 1.165) is 12.0 Å². The summed E-state index contributed by atoms with van der Waals surface area (Å²) in [5, 5.41) is 0. The lowest BCUT2D eigenvalue weighted by atomic mass is 10.2. The number of carbonyl (C=O) groups is 2. The lowest BCUT2D eigenvalue weighted by Gasteiger charge is -2.08. The molecule has 0 radical (unpaired) electrons. The molecule has 0 saturated heterocycles. The van der Waals surface area contributed by atoms with Crippen LogP contribution in [0.1, 0.15) is 34.1 Å². The number of hydrogen-bond donors (Lipinski definition) is 0. The smallest absolute Gasteiger partial charge is 0.307 e. The van der Waals surface area contributed by atoms with Gasteiger partial charge in [-0.2, -0.15) is 0 Å². The Morgan fingerprint density at radius 2 is 1.67 bits per heavy atom. The topological polar surface area (TPSA) is 52.6 Å². The second-order valence-electron chi connectivity index (χ2n) is 3.95. The van der Waals surface area contributed by atoms with E-state index in [0.29, 0.717) is 5.76 Å². The summed E-state index contributed by atoms with van der Waals surface area (Å²) in [6.07, 6.45) is 0.625. The standard InChI is InChI=1S/C11H16O4/c1-6(2)11(15-8(4)13)9-5-10(9)14-7(3)12/h9-10H,5H2,1-4H3/t9-,10-/m1/s1. The fraction of sp³-hybridized carbons (Fsp3) is 0.636.